The lowest BCUT2D eigenvalue weighted by molar-refractivity contribution is -0.139. The van der Waals surface area contributed by atoms with Gasteiger partial charge in [0.2, 0.25) is 0 Å². The average Bonchev–Trinajstić information content (AvgIpc) is 2.61. The Morgan fingerprint density at radius 3 is 2.08 bits per heavy atom. The summed E-state index contributed by atoms with van der Waals surface area (Å²) in [6.07, 6.45) is 14.2. The lowest BCUT2D eigenvalue weighted by Gasteiger charge is -2.14. The van der Waals surface area contributed by atoms with Crippen molar-refractivity contribution in [3.05, 3.63) is 28.8 Å². The Kier molecular flexibility index (Phi) is 11.8. The van der Waals surface area contributed by atoms with E-state index in [-0.39, 0.29) is 13.2 Å². The second-order valence-corrected chi connectivity index (χ2v) is 7.17. The third-order valence-electron chi connectivity index (χ3n) is 4.74. The zero-order chi connectivity index (χ0) is 19.2. The van der Waals surface area contributed by atoms with Gasteiger partial charge in [-0.15, -0.1) is 0 Å². The molecule has 0 aliphatic carbocycles. The first-order chi connectivity index (χ1) is 12.6. The lowest BCUT2D eigenvalue weighted by Crippen LogP contribution is -2.11. The van der Waals surface area contributed by atoms with E-state index in [1.54, 1.807) is 0 Å². The van der Waals surface area contributed by atoms with Crippen LogP contribution in [-0.2, 0) is 17.8 Å². The molecule has 1 aromatic carbocycles. The molecule has 0 saturated heterocycles. The van der Waals surface area contributed by atoms with E-state index >= 15 is 0 Å². The number of carboxylic acids is 1. The van der Waals surface area contributed by atoms with Crippen LogP contribution in [0.25, 0.3) is 0 Å². The summed E-state index contributed by atoms with van der Waals surface area (Å²) in [7, 11) is 0. The van der Waals surface area contributed by atoms with Crippen LogP contribution in [0, 0.1) is 6.92 Å². The number of ether oxygens (including phenoxy) is 1. The van der Waals surface area contributed by atoms with Gasteiger partial charge in [0.1, 0.15) is 5.75 Å². The van der Waals surface area contributed by atoms with Crippen LogP contribution in [0.2, 0.25) is 0 Å². The van der Waals surface area contributed by atoms with Crippen LogP contribution in [-0.4, -0.2) is 22.8 Å². The minimum absolute atomic E-state index is 0.137. The number of aryl methyl sites for hydroxylation is 2. The zero-order valence-corrected chi connectivity index (χ0v) is 16.6. The van der Waals surface area contributed by atoms with Crippen molar-refractivity contribution in [1.29, 1.82) is 0 Å². The molecule has 4 nitrogen and oxygen atoms in total. The van der Waals surface area contributed by atoms with Gasteiger partial charge in [0.05, 0.1) is 6.61 Å². The molecule has 0 heterocycles. The predicted molar refractivity (Wildman–Crippen MR) is 106 cm³/mol. The monoisotopic (exact) mass is 364 g/mol. The van der Waals surface area contributed by atoms with Gasteiger partial charge in [-0.05, 0) is 37.0 Å². The molecule has 26 heavy (non-hydrogen) atoms. The van der Waals surface area contributed by atoms with Gasteiger partial charge in [0.15, 0.2) is 6.61 Å². The van der Waals surface area contributed by atoms with Crippen LogP contribution >= 0.6 is 0 Å². The molecular weight excluding hydrogens is 328 g/mol. The molecule has 0 fully saturated rings. The highest BCUT2D eigenvalue weighted by Crippen LogP contribution is 2.26. The lowest BCUT2D eigenvalue weighted by atomic mass is 9.99. The second kappa shape index (κ2) is 13.6. The number of carboxylic acid groups (broad SMARTS) is 1. The zero-order valence-electron chi connectivity index (χ0n) is 16.6. The highest BCUT2D eigenvalue weighted by Gasteiger charge is 2.11. The predicted octanol–water partition coefficient (Wildman–Crippen LogP) is 5.41. The first kappa shape index (κ1) is 22.5. The van der Waals surface area contributed by atoms with Gasteiger partial charge in [-0.2, -0.15) is 0 Å². The Labute approximate surface area is 158 Å². The summed E-state index contributed by atoms with van der Waals surface area (Å²) < 4.78 is 5.32. The van der Waals surface area contributed by atoms with E-state index in [0.717, 1.165) is 18.4 Å². The van der Waals surface area contributed by atoms with E-state index in [2.05, 4.69) is 6.92 Å². The number of rotatable bonds is 15. The molecule has 1 rings (SSSR count). The summed E-state index contributed by atoms with van der Waals surface area (Å²) in [6, 6.07) is 3.99. The number of aliphatic carboxylic acids is 1. The van der Waals surface area contributed by atoms with Crippen LogP contribution in [0.15, 0.2) is 12.1 Å². The molecular formula is C22H36O4. The molecule has 0 unspecified atom stereocenters. The molecule has 0 aromatic heterocycles. The molecule has 0 aliphatic heterocycles. The summed E-state index contributed by atoms with van der Waals surface area (Å²) >= 11 is 0. The number of hydrogen-bond acceptors (Lipinski definition) is 3. The van der Waals surface area contributed by atoms with Crippen molar-refractivity contribution >= 4 is 5.97 Å². The standard InChI is InChI=1S/C22H36O4/c1-3-4-5-6-7-8-9-10-11-12-13-19-14-18(2)22(20(15-19)16-23)26-17-21(24)25/h14-15,23H,3-13,16-17H2,1-2H3,(H,24,25). The summed E-state index contributed by atoms with van der Waals surface area (Å²) in [5.74, 6) is -0.510. The fourth-order valence-electron chi connectivity index (χ4n) is 3.35. The Hall–Kier alpha value is -1.55. The average molecular weight is 365 g/mol. The third-order valence-corrected chi connectivity index (χ3v) is 4.74. The summed E-state index contributed by atoms with van der Waals surface area (Å²) in [4.78, 5) is 10.7. The van der Waals surface area contributed by atoms with Crippen molar-refractivity contribution in [2.45, 2.75) is 91.1 Å². The fourth-order valence-corrected chi connectivity index (χ4v) is 3.35. The molecule has 0 saturated carbocycles. The van der Waals surface area contributed by atoms with Crippen LogP contribution < -0.4 is 4.74 Å². The number of carbonyl (C=O) groups is 1. The maximum Gasteiger partial charge on any atom is 0.341 e. The fraction of sp³-hybridized carbons (Fsp3) is 0.682. The summed E-state index contributed by atoms with van der Waals surface area (Å²) in [6.45, 7) is 3.63. The summed E-state index contributed by atoms with van der Waals surface area (Å²) in [5.41, 5.74) is 2.75. The van der Waals surface area contributed by atoms with Crippen LogP contribution in [0.5, 0.6) is 5.75 Å². The Balaban J connectivity index is 2.30. The minimum atomic E-state index is -1.01. The molecule has 0 spiro atoms. The van der Waals surface area contributed by atoms with Crippen LogP contribution in [0.3, 0.4) is 0 Å². The maximum atomic E-state index is 10.7. The van der Waals surface area contributed by atoms with Crippen molar-refractivity contribution in [2.24, 2.45) is 0 Å². The van der Waals surface area contributed by atoms with E-state index in [0.29, 0.717) is 11.3 Å². The maximum absolute atomic E-state index is 10.7. The molecule has 2 N–H and O–H groups in total. The third kappa shape index (κ3) is 9.23. The normalized spacial score (nSPS) is 10.9. The number of aliphatic hydroxyl groups excluding tert-OH is 1. The van der Waals surface area contributed by atoms with Gasteiger partial charge in [0, 0.05) is 5.56 Å². The van der Waals surface area contributed by atoms with Gasteiger partial charge < -0.3 is 14.9 Å². The molecule has 4 heteroatoms. The highest BCUT2D eigenvalue weighted by atomic mass is 16.5. The smallest absolute Gasteiger partial charge is 0.341 e. The van der Waals surface area contributed by atoms with Gasteiger partial charge >= 0.3 is 5.97 Å². The molecule has 1 aromatic rings. The number of hydrogen-bond donors (Lipinski definition) is 2. The van der Waals surface area contributed by atoms with Crippen LogP contribution in [0.4, 0.5) is 0 Å². The van der Waals surface area contributed by atoms with E-state index < -0.39 is 5.97 Å². The van der Waals surface area contributed by atoms with Gasteiger partial charge in [0.25, 0.3) is 0 Å². The SMILES string of the molecule is CCCCCCCCCCCCc1cc(C)c(OCC(=O)O)c(CO)c1. The molecule has 0 radical (unpaired) electrons. The number of benzene rings is 1. The quantitative estimate of drug-likeness (QED) is 0.408. The van der Waals surface area contributed by atoms with E-state index in [1.807, 2.05) is 19.1 Å². The molecule has 0 bridgehead atoms. The van der Waals surface area contributed by atoms with Gasteiger partial charge in [-0.25, -0.2) is 4.79 Å². The molecule has 0 atom stereocenters. The van der Waals surface area contributed by atoms with Crippen molar-refractivity contribution in [1.82, 2.24) is 0 Å². The topological polar surface area (TPSA) is 66.8 Å². The van der Waals surface area contributed by atoms with Crippen LogP contribution in [0.1, 0.15) is 87.8 Å². The minimum Gasteiger partial charge on any atom is -0.481 e. The number of aliphatic hydroxyl groups is 1. The second-order valence-electron chi connectivity index (χ2n) is 7.17. The first-order valence-electron chi connectivity index (χ1n) is 10.2. The largest absolute Gasteiger partial charge is 0.481 e. The first-order valence-corrected chi connectivity index (χ1v) is 10.2. The Morgan fingerprint density at radius 1 is 0.962 bits per heavy atom. The van der Waals surface area contributed by atoms with E-state index in [1.165, 1.54) is 63.4 Å². The van der Waals surface area contributed by atoms with Crippen molar-refractivity contribution in [2.75, 3.05) is 6.61 Å². The van der Waals surface area contributed by atoms with Crippen molar-refractivity contribution in [3.63, 3.8) is 0 Å². The molecule has 0 aliphatic rings. The van der Waals surface area contributed by atoms with Crippen molar-refractivity contribution in [3.8, 4) is 5.75 Å². The summed E-state index contributed by atoms with van der Waals surface area (Å²) in [5, 5.41) is 18.3. The molecule has 0 amide bonds. The number of unbranched alkanes of at least 4 members (excludes halogenated alkanes) is 9. The van der Waals surface area contributed by atoms with E-state index in [9.17, 15) is 9.90 Å². The van der Waals surface area contributed by atoms with Gasteiger partial charge in [-0.3, -0.25) is 0 Å². The Morgan fingerprint density at radius 2 is 1.54 bits per heavy atom. The van der Waals surface area contributed by atoms with Gasteiger partial charge in [-0.1, -0.05) is 70.8 Å². The highest BCUT2D eigenvalue weighted by molar-refractivity contribution is 5.68. The Bertz CT molecular complexity index is 525. The molecule has 148 valence electrons. The van der Waals surface area contributed by atoms with E-state index in [4.69, 9.17) is 9.84 Å². The van der Waals surface area contributed by atoms with Crippen molar-refractivity contribution < 1.29 is 19.7 Å².